The Labute approximate surface area is 289 Å². The summed E-state index contributed by atoms with van der Waals surface area (Å²) in [4.78, 5) is 0. The molecule has 0 atom stereocenters. The fraction of sp³-hybridized carbons (Fsp3) is 0. The number of hydrogen-bond acceptors (Lipinski definition) is 1. The Morgan fingerprint density at radius 2 is 0.960 bits per heavy atom. The molecule has 3 heteroatoms. The number of nitriles is 1. The third kappa shape index (κ3) is 4.16. The summed E-state index contributed by atoms with van der Waals surface area (Å²) in [5.41, 5.74) is 11.9. The third-order valence-electron chi connectivity index (χ3n) is 10.2. The van der Waals surface area contributed by atoms with E-state index in [0.717, 1.165) is 49.9 Å². The zero-order valence-corrected chi connectivity index (χ0v) is 27.1. The van der Waals surface area contributed by atoms with E-state index in [1.807, 2.05) is 18.2 Å². The fourth-order valence-electron chi connectivity index (χ4n) is 7.94. The molecule has 0 aliphatic rings. The van der Waals surface area contributed by atoms with Crippen LogP contribution in [-0.4, -0.2) is 9.13 Å². The quantitative estimate of drug-likeness (QED) is 0.189. The van der Waals surface area contributed by atoms with Gasteiger partial charge in [-0.05, 0) is 65.0 Å². The number of hydrogen-bond donors (Lipinski definition) is 0. The summed E-state index contributed by atoms with van der Waals surface area (Å²) in [5, 5.41) is 17.2. The lowest BCUT2D eigenvalue weighted by atomic mass is 9.92. The second-order valence-corrected chi connectivity index (χ2v) is 12.8. The van der Waals surface area contributed by atoms with Gasteiger partial charge in [0.2, 0.25) is 0 Å². The summed E-state index contributed by atoms with van der Waals surface area (Å²) in [7, 11) is 0. The number of aromatic nitrogens is 2. The second kappa shape index (κ2) is 11.1. The summed E-state index contributed by atoms with van der Waals surface area (Å²) >= 11 is 0. The Kier molecular flexibility index (Phi) is 6.24. The van der Waals surface area contributed by atoms with E-state index in [9.17, 15) is 5.26 Å². The number of fused-ring (bicyclic) bond motifs is 7. The third-order valence-corrected chi connectivity index (χ3v) is 10.2. The lowest BCUT2D eigenvalue weighted by Gasteiger charge is -2.15. The van der Waals surface area contributed by atoms with E-state index < -0.39 is 0 Å². The summed E-state index contributed by atoms with van der Waals surface area (Å²) in [6, 6.07) is 64.9. The molecule has 2 heterocycles. The predicted octanol–water partition coefficient (Wildman–Crippen LogP) is 12.2. The molecule has 0 N–H and O–H groups in total. The monoisotopic (exact) mass is 635 g/mol. The molecule has 232 valence electrons. The fourth-order valence-corrected chi connectivity index (χ4v) is 7.94. The van der Waals surface area contributed by atoms with Crippen LogP contribution in [-0.2, 0) is 0 Å². The minimum absolute atomic E-state index is 0.703. The lowest BCUT2D eigenvalue weighted by Crippen LogP contribution is -1.97. The normalized spacial score (nSPS) is 11.6. The van der Waals surface area contributed by atoms with Gasteiger partial charge in [0.25, 0.3) is 0 Å². The molecule has 0 unspecified atom stereocenters. The molecule has 0 saturated carbocycles. The largest absolute Gasteiger partial charge is 0.309 e. The van der Waals surface area contributed by atoms with Gasteiger partial charge in [0, 0.05) is 43.7 Å². The Balaban J connectivity index is 1.23. The SMILES string of the molecule is N#Cc1c(-c2cccc(-c3ccccc3-n3c4ccccc4c4cc5c(cc43)c3ccccc3n5-c3ccccc3)c2)ccc2ccccc12. The molecule has 0 fully saturated rings. The molecule has 50 heavy (non-hydrogen) atoms. The van der Waals surface area contributed by atoms with E-state index in [0.29, 0.717) is 5.56 Å². The van der Waals surface area contributed by atoms with E-state index in [1.165, 1.54) is 38.1 Å². The van der Waals surface area contributed by atoms with Crippen LogP contribution in [0.3, 0.4) is 0 Å². The lowest BCUT2D eigenvalue weighted by molar-refractivity contribution is 1.17. The van der Waals surface area contributed by atoms with Crippen molar-refractivity contribution in [3.05, 3.63) is 181 Å². The first-order valence-electron chi connectivity index (χ1n) is 16.9. The van der Waals surface area contributed by atoms with Gasteiger partial charge in [-0.1, -0.05) is 127 Å². The molecule has 0 spiro atoms. The van der Waals surface area contributed by atoms with Gasteiger partial charge in [-0.3, -0.25) is 0 Å². The van der Waals surface area contributed by atoms with Gasteiger partial charge in [-0.15, -0.1) is 0 Å². The highest BCUT2D eigenvalue weighted by molar-refractivity contribution is 6.19. The van der Waals surface area contributed by atoms with Crippen LogP contribution in [0.15, 0.2) is 176 Å². The molecular weight excluding hydrogens is 607 g/mol. The maximum Gasteiger partial charge on any atom is 0.100 e. The van der Waals surface area contributed by atoms with Crippen LogP contribution in [0.5, 0.6) is 0 Å². The standard InChI is InChI=1S/C47H29N3/c48-30-42-35-18-5-4-13-31(35)25-26-36(42)32-14-12-15-33(27-32)37-19-6-9-22-43(37)50-45-24-11-8-21-39(45)41-28-46-40(29-47(41)50)38-20-7-10-23-44(38)49(46)34-16-2-1-3-17-34/h1-29H. The minimum atomic E-state index is 0.703. The van der Waals surface area contributed by atoms with Crippen molar-refractivity contribution in [2.24, 2.45) is 0 Å². The van der Waals surface area contributed by atoms with Gasteiger partial charge in [0.15, 0.2) is 0 Å². The summed E-state index contributed by atoms with van der Waals surface area (Å²) in [5.74, 6) is 0. The second-order valence-electron chi connectivity index (χ2n) is 12.8. The van der Waals surface area contributed by atoms with Gasteiger partial charge >= 0.3 is 0 Å². The van der Waals surface area contributed by atoms with Crippen LogP contribution in [0.4, 0.5) is 0 Å². The predicted molar refractivity (Wildman–Crippen MR) is 208 cm³/mol. The van der Waals surface area contributed by atoms with E-state index in [-0.39, 0.29) is 0 Å². The first-order chi connectivity index (χ1) is 24.8. The molecule has 0 radical (unpaired) electrons. The molecule has 3 nitrogen and oxygen atoms in total. The highest BCUT2D eigenvalue weighted by Gasteiger charge is 2.20. The summed E-state index contributed by atoms with van der Waals surface area (Å²) in [6.45, 7) is 0. The first-order valence-corrected chi connectivity index (χ1v) is 16.9. The molecule has 0 aliphatic carbocycles. The molecule has 0 aliphatic heterocycles. The van der Waals surface area contributed by atoms with Crippen molar-refractivity contribution in [2.45, 2.75) is 0 Å². The van der Waals surface area contributed by atoms with E-state index in [1.54, 1.807) is 0 Å². The topological polar surface area (TPSA) is 33.6 Å². The van der Waals surface area contributed by atoms with Crippen LogP contribution >= 0.6 is 0 Å². The highest BCUT2D eigenvalue weighted by Crippen LogP contribution is 2.42. The molecule has 2 aromatic heterocycles. The van der Waals surface area contributed by atoms with Crippen LogP contribution in [0.1, 0.15) is 5.56 Å². The van der Waals surface area contributed by atoms with Crippen molar-refractivity contribution in [3.63, 3.8) is 0 Å². The van der Waals surface area contributed by atoms with Gasteiger partial charge in [-0.25, -0.2) is 0 Å². The van der Waals surface area contributed by atoms with Gasteiger partial charge in [0.1, 0.15) is 6.07 Å². The zero-order chi connectivity index (χ0) is 33.2. The van der Waals surface area contributed by atoms with Crippen LogP contribution in [0.2, 0.25) is 0 Å². The highest BCUT2D eigenvalue weighted by atomic mass is 15.0. The number of nitrogens with zero attached hydrogens (tertiary/aromatic N) is 3. The maximum absolute atomic E-state index is 10.3. The summed E-state index contributed by atoms with van der Waals surface area (Å²) in [6.07, 6.45) is 0. The molecule has 0 amide bonds. The number of para-hydroxylation sites is 4. The van der Waals surface area contributed by atoms with Crippen molar-refractivity contribution in [1.82, 2.24) is 9.13 Å². The first kappa shape index (κ1) is 28.2. The van der Waals surface area contributed by atoms with Crippen molar-refractivity contribution in [2.75, 3.05) is 0 Å². The smallest absolute Gasteiger partial charge is 0.100 e. The molecule has 10 aromatic rings. The van der Waals surface area contributed by atoms with Crippen LogP contribution < -0.4 is 0 Å². The molecular formula is C47H29N3. The van der Waals surface area contributed by atoms with Crippen molar-refractivity contribution < 1.29 is 0 Å². The van der Waals surface area contributed by atoms with Crippen LogP contribution in [0, 0.1) is 11.3 Å². The Hall–Kier alpha value is -6.89. The average Bonchev–Trinajstić information content (AvgIpc) is 3.69. The van der Waals surface area contributed by atoms with Gasteiger partial charge < -0.3 is 9.13 Å². The van der Waals surface area contributed by atoms with Gasteiger partial charge in [-0.2, -0.15) is 5.26 Å². The Bertz CT molecular complexity index is 2990. The van der Waals surface area contributed by atoms with Crippen LogP contribution in [0.25, 0.3) is 88.0 Å². The summed E-state index contributed by atoms with van der Waals surface area (Å²) < 4.78 is 4.81. The molecule has 0 saturated heterocycles. The Morgan fingerprint density at radius 1 is 0.380 bits per heavy atom. The molecule has 0 bridgehead atoms. The molecule has 8 aromatic carbocycles. The Morgan fingerprint density at radius 3 is 1.70 bits per heavy atom. The van der Waals surface area contributed by atoms with Gasteiger partial charge in [0.05, 0.1) is 33.3 Å². The zero-order valence-electron chi connectivity index (χ0n) is 27.1. The number of rotatable bonds is 4. The minimum Gasteiger partial charge on any atom is -0.309 e. The maximum atomic E-state index is 10.3. The van der Waals surface area contributed by atoms with E-state index in [4.69, 9.17) is 0 Å². The van der Waals surface area contributed by atoms with Crippen molar-refractivity contribution in [1.29, 1.82) is 5.26 Å². The molecule has 10 rings (SSSR count). The van der Waals surface area contributed by atoms with E-state index in [2.05, 4.69) is 173 Å². The average molecular weight is 636 g/mol. The van der Waals surface area contributed by atoms with Crippen molar-refractivity contribution >= 4 is 54.4 Å². The van der Waals surface area contributed by atoms with E-state index >= 15 is 0 Å². The number of benzene rings is 8. The van der Waals surface area contributed by atoms with Crippen molar-refractivity contribution in [3.8, 4) is 39.7 Å².